The van der Waals surface area contributed by atoms with Gasteiger partial charge < -0.3 is 5.32 Å². The monoisotopic (exact) mass is 198 g/mol. The van der Waals surface area contributed by atoms with Crippen LogP contribution in [0.3, 0.4) is 0 Å². The molecule has 0 unspecified atom stereocenters. The molecule has 1 aliphatic carbocycles. The van der Waals surface area contributed by atoms with E-state index >= 15 is 0 Å². The highest BCUT2D eigenvalue weighted by Gasteiger charge is 2.27. The van der Waals surface area contributed by atoms with E-state index in [4.69, 9.17) is 0 Å². The highest BCUT2D eigenvalue weighted by molar-refractivity contribution is 8.14. The molecule has 1 saturated carbocycles. The Kier molecular flexibility index (Phi) is 2.54. The van der Waals surface area contributed by atoms with Crippen molar-refractivity contribution in [2.45, 2.75) is 38.6 Å². The zero-order valence-corrected chi connectivity index (χ0v) is 9.28. The molecule has 0 aromatic heterocycles. The molecule has 0 aromatic carbocycles. The van der Waals surface area contributed by atoms with Gasteiger partial charge in [0.15, 0.2) is 5.17 Å². The molecule has 0 radical (unpaired) electrons. The van der Waals surface area contributed by atoms with Crippen molar-refractivity contribution in [3.63, 3.8) is 0 Å². The summed E-state index contributed by atoms with van der Waals surface area (Å²) in [6.45, 7) is 5.50. The molecule has 0 atom stereocenters. The lowest BCUT2D eigenvalue weighted by molar-refractivity contribution is 0.326. The highest BCUT2D eigenvalue weighted by Crippen LogP contribution is 2.27. The van der Waals surface area contributed by atoms with Crippen LogP contribution in [0.15, 0.2) is 4.99 Å². The summed E-state index contributed by atoms with van der Waals surface area (Å²) in [6, 6.07) is 0. The minimum atomic E-state index is 0.253. The van der Waals surface area contributed by atoms with Gasteiger partial charge in [0.05, 0.1) is 0 Å². The summed E-state index contributed by atoms with van der Waals surface area (Å²) in [7, 11) is 0. The first-order valence-electron chi connectivity index (χ1n) is 5.11. The van der Waals surface area contributed by atoms with E-state index in [1.165, 1.54) is 19.3 Å². The fraction of sp³-hybridized carbons (Fsp3) is 0.900. The van der Waals surface area contributed by atoms with E-state index in [9.17, 15) is 0 Å². The van der Waals surface area contributed by atoms with Crippen LogP contribution in [0.5, 0.6) is 0 Å². The van der Waals surface area contributed by atoms with Gasteiger partial charge in [-0.1, -0.05) is 18.2 Å². The maximum Gasteiger partial charge on any atom is 0.157 e. The second-order valence-corrected chi connectivity index (χ2v) is 5.70. The Labute approximate surface area is 84.6 Å². The van der Waals surface area contributed by atoms with Crippen molar-refractivity contribution in [3.8, 4) is 0 Å². The molecule has 2 fully saturated rings. The standard InChI is InChI=1S/C10H18N2S/c1-10(2)7-13-9(12-10)11-6-8-4-3-5-8/h8H,3-7H2,1-2H3,(H,11,12). The topological polar surface area (TPSA) is 24.4 Å². The molecule has 0 bridgehead atoms. The van der Waals surface area contributed by atoms with Crippen LogP contribution < -0.4 is 5.32 Å². The van der Waals surface area contributed by atoms with E-state index in [2.05, 4.69) is 24.2 Å². The number of hydrogen-bond donors (Lipinski definition) is 1. The molecule has 1 N–H and O–H groups in total. The van der Waals surface area contributed by atoms with Gasteiger partial charge in [-0.05, 0) is 32.6 Å². The SMILES string of the molecule is CC1(C)CSC(=NCC2CCC2)N1. The summed E-state index contributed by atoms with van der Waals surface area (Å²) < 4.78 is 0. The largest absolute Gasteiger partial charge is 0.359 e. The number of amidine groups is 1. The first kappa shape index (κ1) is 9.38. The molecule has 3 heteroatoms. The number of aliphatic imine (C=N–C) groups is 1. The van der Waals surface area contributed by atoms with Gasteiger partial charge in [-0.3, -0.25) is 4.99 Å². The van der Waals surface area contributed by atoms with Gasteiger partial charge in [0.1, 0.15) is 0 Å². The van der Waals surface area contributed by atoms with Crippen molar-refractivity contribution in [2.75, 3.05) is 12.3 Å². The van der Waals surface area contributed by atoms with Gasteiger partial charge >= 0.3 is 0 Å². The van der Waals surface area contributed by atoms with Crippen LogP contribution in [0, 0.1) is 5.92 Å². The van der Waals surface area contributed by atoms with Gasteiger partial charge in [0.2, 0.25) is 0 Å². The van der Waals surface area contributed by atoms with Crippen molar-refractivity contribution in [1.29, 1.82) is 0 Å². The average molecular weight is 198 g/mol. The lowest BCUT2D eigenvalue weighted by atomic mass is 9.86. The van der Waals surface area contributed by atoms with Crippen molar-refractivity contribution in [2.24, 2.45) is 10.9 Å². The fourth-order valence-corrected chi connectivity index (χ4v) is 2.67. The average Bonchev–Trinajstić information content (AvgIpc) is 2.27. The highest BCUT2D eigenvalue weighted by atomic mass is 32.2. The summed E-state index contributed by atoms with van der Waals surface area (Å²) in [6.07, 6.45) is 4.21. The third-order valence-electron chi connectivity index (χ3n) is 2.73. The summed E-state index contributed by atoms with van der Waals surface area (Å²) in [5, 5.41) is 4.61. The van der Waals surface area contributed by atoms with E-state index in [0.29, 0.717) is 0 Å². The predicted octanol–water partition coefficient (Wildman–Crippen LogP) is 2.26. The number of nitrogens with zero attached hydrogens (tertiary/aromatic N) is 1. The number of nitrogens with one attached hydrogen (secondary N) is 1. The van der Waals surface area contributed by atoms with Crippen LogP contribution in [0.2, 0.25) is 0 Å². The molecule has 1 saturated heterocycles. The fourth-order valence-electron chi connectivity index (χ4n) is 1.58. The van der Waals surface area contributed by atoms with Crippen LogP contribution in [0.25, 0.3) is 0 Å². The molecule has 0 amide bonds. The molecule has 74 valence electrons. The number of thioether (sulfide) groups is 1. The lowest BCUT2D eigenvalue weighted by Gasteiger charge is -2.23. The summed E-state index contributed by atoms with van der Waals surface area (Å²) >= 11 is 1.86. The Hall–Kier alpha value is -0.180. The minimum Gasteiger partial charge on any atom is -0.359 e. The molecular weight excluding hydrogens is 180 g/mol. The molecule has 13 heavy (non-hydrogen) atoms. The van der Waals surface area contributed by atoms with Gasteiger partial charge in [-0.2, -0.15) is 0 Å². The van der Waals surface area contributed by atoms with Crippen molar-refractivity contribution in [1.82, 2.24) is 5.32 Å². The Morgan fingerprint density at radius 2 is 2.31 bits per heavy atom. The molecule has 0 spiro atoms. The molecule has 1 heterocycles. The van der Waals surface area contributed by atoms with Crippen LogP contribution in [-0.4, -0.2) is 23.0 Å². The maximum absolute atomic E-state index is 4.61. The zero-order valence-electron chi connectivity index (χ0n) is 8.47. The van der Waals surface area contributed by atoms with Crippen LogP contribution in [0.1, 0.15) is 33.1 Å². The first-order chi connectivity index (χ1) is 6.16. The van der Waals surface area contributed by atoms with Gasteiger partial charge in [0, 0.05) is 17.8 Å². The summed E-state index contributed by atoms with van der Waals surface area (Å²) in [5.41, 5.74) is 0.253. The van der Waals surface area contributed by atoms with Crippen molar-refractivity contribution in [3.05, 3.63) is 0 Å². The van der Waals surface area contributed by atoms with E-state index in [-0.39, 0.29) is 5.54 Å². The second-order valence-electron chi connectivity index (χ2n) is 4.74. The lowest BCUT2D eigenvalue weighted by Crippen LogP contribution is -2.37. The number of hydrogen-bond acceptors (Lipinski definition) is 2. The molecule has 2 aliphatic rings. The maximum atomic E-state index is 4.61. The predicted molar refractivity (Wildman–Crippen MR) is 59.3 cm³/mol. The summed E-state index contributed by atoms with van der Waals surface area (Å²) in [5.74, 6) is 2.04. The van der Waals surface area contributed by atoms with Crippen molar-refractivity contribution < 1.29 is 0 Å². The third-order valence-corrected chi connectivity index (χ3v) is 4.10. The molecule has 2 nitrogen and oxygen atoms in total. The van der Waals surface area contributed by atoms with E-state index in [0.717, 1.165) is 23.4 Å². The second kappa shape index (κ2) is 3.52. The first-order valence-corrected chi connectivity index (χ1v) is 6.10. The van der Waals surface area contributed by atoms with Crippen LogP contribution in [0.4, 0.5) is 0 Å². The van der Waals surface area contributed by atoms with E-state index in [1.807, 2.05) is 11.8 Å². The van der Waals surface area contributed by atoms with Crippen molar-refractivity contribution >= 4 is 16.9 Å². The normalized spacial score (nSPS) is 30.2. The quantitative estimate of drug-likeness (QED) is 0.736. The van der Waals surface area contributed by atoms with Crippen LogP contribution >= 0.6 is 11.8 Å². The van der Waals surface area contributed by atoms with E-state index < -0.39 is 0 Å². The Morgan fingerprint density at radius 3 is 2.77 bits per heavy atom. The van der Waals surface area contributed by atoms with Crippen LogP contribution in [-0.2, 0) is 0 Å². The third kappa shape index (κ3) is 2.39. The molecule has 0 aromatic rings. The van der Waals surface area contributed by atoms with E-state index in [1.54, 1.807) is 0 Å². The molecule has 2 rings (SSSR count). The van der Waals surface area contributed by atoms with Gasteiger partial charge in [-0.15, -0.1) is 0 Å². The minimum absolute atomic E-state index is 0.253. The van der Waals surface area contributed by atoms with Gasteiger partial charge in [-0.25, -0.2) is 0 Å². The Balaban J connectivity index is 1.80. The zero-order chi connectivity index (χ0) is 9.31. The Morgan fingerprint density at radius 1 is 1.54 bits per heavy atom. The number of rotatable bonds is 2. The smallest absolute Gasteiger partial charge is 0.157 e. The molecular formula is C10H18N2S. The Bertz CT molecular complexity index is 219. The van der Waals surface area contributed by atoms with Gasteiger partial charge in [0.25, 0.3) is 0 Å². The molecule has 1 aliphatic heterocycles. The summed E-state index contributed by atoms with van der Waals surface area (Å²) in [4.78, 5) is 4.61.